The largest absolute Gasteiger partial charge is 0.490 e. The number of benzene rings is 3. The molecule has 0 bridgehead atoms. The number of rotatable bonds is 10. The van der Waals surface area contributed by atoms with Crippen LogP contribution in [0.25, 0.3) is 10.2 Å². The molecule has 0 radical (unpaired) electrons. The summed E-state index contributed by atoms with van der Waals surface area (Å²) >= 11 is 1.04. The SMILES string of the molecule is CCOc1ccc([C@H](C)NS(=O)(=O)c2ccc3c(c2)sc(=O)n3Cc2ccccc2)cc1OCC. The summed E-state index contributed by atoms with van der Waals surface area (Å²) in [6.45, 7) is 6.95. The number of ether oxygens (including phenoxy) is 2. The lowest BCUT2D eigenvalue weighted by atomic mass is 10.1. The van der Waals surface area contributed by atoms with Crippen LogP contribution in [-0.2, 0) is 16.6 Å². The van der Waals surface area contributed by atoms with Crippen LogP contribution in [0, 0.1) is 0 Å². The molecule has 1 N–H and O–H groups in total. The van der Waals surface area contributed by atoms with Gasteiger partial charge < -0.3 is 9.47 Å². The molecule has 0 aliphatic rings. The average Bonchev–Trinajstić information content (AvgIpc) is 3.15. The van der Waals surface area contributed by atoms with E-state index in [-0.39, 0.29) is 9.77 Å². The van der Waals surface area contributed by atoms with Gasteiger partial charge in [0.2, 0.25) is 10.0 Å². The van der Waals surface area contributed by atoms with Crippen LogP contribution in [0.4, 0.5) is 0 Å². The van der Waals surface area contributed by atoms with Crippen LogP contribution in [0.1, 0.15) is 37.9 Å². The third-order valence-electron chi connectivity index (χ3n) is 5.53. The van der Waals surface area contributed by atoms with E-state index >= 15 is 0 Å². The maximum atomic E-state index is 13.2. The summed E-state index contributed by atoms with van der Waals surface area (Å²) in [6.07, 6.45) is 0. The molecule has 4 rings (SSSR count). The van der Waals surface area contributed by atoms with Gasteiger partial charge in [0.1, 0.15) is 0 Å². The number of aromatic nitrogens is 1. The molecule has 1 aromatic heterocycles. The third-order valence-corrected chi connectivity index (χ3v) is 8.01. The van der Waals surface area contributed by atoms with Crippen molar-refractivity contribution in [2.45, 2.75) is 38.3 Å². The molecule has 1 heterocycles. The quantitative estimate of drug-likeness (QED) is 0.325. The van der Waals surface area contributed by atoms with Crippen molar-refractivity contribution in [2.75, 3.05) is 13.2 Å². The summed E-state index contributed by atoms with van der Waals surface area (Å²) in [5.41, 5.74) is 2.47. The Morgan fingerprint density at radius 1 is 0.943 bits per heavy atom. The molecule has 184 valence electrons. The second-order valence-electron chi connectivity index (χ2n) is 7.98. The zero-order valence-electron chi connectivity index (χ0n) is 19.9. The summed E-state index contributed by atoms with van der Waals surface area (Å²) in [7, 11) is -3.83. The molecule has 35 heavy (non-hydrogen) atoms. The van der Waals surface area contributed by atoms with E-state index in [1.165, 1.54) is 6.07 Å². The predicted octanol–water partition coefficient (Wildman–Crippen LogP) is 4.95. The minimum Gasteiger partial charge on any atom is -0.490 e. The zero-order chi connectivity index (χ0) is 25.0. The first-order valence-electron chi connectivity index (χ1n) is 11.4. The monoisotopic (exact) mass is 512 g/mol. The molecule has 0 saturated heterocycles. The number of nitrogens with zero attached hydrogens (tertiary/aromatic N) is 1. The van der Waals surface area contributed by atoms with E-state index in [4.69, 9.17) is 9.47 Å². The average molecular weight is 513 g/mol. The summed E-state index contributed by atoms with van der Waals surface area (Å²) in [6, 6.07) is 19.4. The van der Waals surface area contributed by atoms with Crippen molar-refractivity contribution < 1.29 is 17.9 Å². The molecular weight excluding hydrogens is 484 g/mol. The van der Waals surface area contributed by atoms with E-state index in [2.05, 4.69) is 4.72 Å². The van der Waals surface area contributed by atoms with Gasteiger partial charge in [0.15, 0.2) is 11.5 Å². The summed E-state index contributed by atoms with van der Waals surface area (Å²) in [5, 5.41) is 0. The second kappa shape index (κ2) is 10.6. The van der Waals surface area contributed by atoms with Crippen molar-refractivity contribution in [2.24, 2.45) is 0 Å². The van der Waals surface area contributed by atoms with Crippen LogP contribution >= 0.6 is 11.3 Å². The molecule has 1 atom stereocenters. The predicted molar refractivity (Wildman–Crippen MR) is 139 cm³/mol. The fraction of sp³-hybridized carbons (Fsp3) is 0.269. The van der Waals surface area contributed by atoms with Crippen molar-refractivity contribution in [3.63, 3.8) is 0 Å². The first-order chi connectivity index (χ1) is 16.8. The second-order valence-corrected chi connectivity index (χ2v) is 10.7. The Kier molecular flexibility index (Phi) is 7.59. The van der Waals surface area contributed by atoms with Gasteiger partial charge in [-0.2, -0.15) is 0 Å². The molecule has 4 aromatic rings. The van der Waals surface area contributed by atoms with Crippen LogP contribution in [0.15, 0.2) is 76.4 Å². The molecule has 7 nitrogen and oxygen atoms in total. The van der Waals surface area contributed by atoms with E-state index in [0.717, 1.165) is 22.5 Å². The summed E-state index contributed by atoms with van der Waals surface area (Å²) < 4.78 is 42.6. The van der Waals surface area contributed by atoms with Crippen LogP contribution < -0.4 is 19.1 Å². The number of sulfonamides is 1. The number of fused-ring (bicyclic) bond motifs is 1. The smallest absolute Gasteiger partial charge is 0.308 e. The van der Waals surface area contributed by atoms with Crippen molar-refractivity contribution in [3.8, 4) is 11.5 Å². The first kappa shape index (κ1) is 25.0. The van der Waals surface area contributed by atoms with Crippen LogP contribution in [0.5, 0.6) is 11.5 Å². The Morgan fingerprint density at radius 2 is 1.66 bits per heavy atom. The molecule has 0 unspecified atom stereocenters. The van der Waals surface area contributed by atoms with Crippen molar-refractivity contribution >= 4 is 31.6 Å². The van der Waals surface area contributed by atoms with E-state index in [9.17, 15) is 13.2 Å². The topological polar surface area (TPSA) is 86.6 Å². The lowest BCUT2D eigenvalue weighted by Gasteiger charge is -2.18. The Balaban J connectivity index is 1.59. The van der Waals surface area contributed by atoms with E-state index < -0.39 is 16.1 Å². The normalized spacial score (nSPS) is 12.5. The van der Waals surface area contributed by atoms with E-state index in [1.807, 2.05) is 50.2 Å². The highest BCUT2D eigenvalue weighted by Gasteiger charge is 2.21. The Labute approximate surface area is 209 Å². The maximum absolute atomic E-state index is 13.2. The minimum absolute atomic E-state index is 0.112. The standard InChI is InChI=1S/C26H28N2O5S2/c1-4-32-23-14-11-20(15-24(23)33-5-2)18(3)27-35(30,31)21-12-13-22-25(16-21)34-26(29)28(22)17-19-9-7-6-8-10-19/h6-16,18,27H,4-5,17H2,1-3H3/t18-/m0/s1. The van der Waals surface area contributed by atoms with Gasteiger partial charge in [0.25, 0.3) is 0 Å². The molecule has 0 amide bonds. The highest BCUT2D eigenvalue weighted by molar-refractivity contribution is 7.89. The van der Waals surface area contributed by atoms with Gasteiger partial charge in [-0.3, -0.25) is 9.36 Å². The molecule has 0 saturated carbocycles. The molecule has 0 aliphatic carbocycles. The van der Waals surface area contributed by atoms with Crippen molar-refractivity contribution in [1.29, 1.82) is 0 Å². The van der Waals surface area contributed by atoms with Crippen LogP contribution in [0.3, 0.4) is 0 Å². The van der Waals surface area contributed by atoms with E-state index in [0.29, 0.717) is 41.5 Å². The Bertz CT molecular complexity index is 1480. The third kappa shape index (κ3) is 5.58. The van der Waals surface area contributed by atoms with Gasteiger partial charge in [0.05, 0.1) is 34.9 Å². The van der Waals surface area contributed by atoms with Crippen LogP contribution in [0.2, 0.25) is 0 Å². The van der Waals surface area contributed by atoms with Gasteiger partial charge in [-0.1, -0.05) is 47.7 Å². The molecule has 3 aromatic carbocycles. The fourth-order valence-corrected chi connectivity index (χ4v) is 6.10. The zero-order valence-corrected chi connectivity index (χ0v) is 21.5. The number of nitrogens with one attached hydrogen (secondary N) is 1. The van der Waals surface area contributed by atoms with Gasteiger partial charge >= 0.3 is 4.87 Å². The lowest BCUT2D eigenvalue weighted by Crippen LogP contribution is -2.27. The van der Waals surface area contributed by atoms with Gasteiger partial charge in [-0.15, -0.1) is 0 Å². The minimum atomic E-state index is -3.83. The Morgan fingerprint density at radius 3 is 2.37 bits per heavy atom. The number of thiazole rings is 1. The first-order valence-corrected chi connectivity index (χ1v) is 13.7. The molecule has 0 aliphatic heterocycles. The van der Waals surface area contributed by atoms with Gasteiger partial charge in [-0.25, -0.2) is 13.1 Å². The highest BCUT2D eigenvalue weighted by Crippen LogP contribution is 2.31. The Hall–Kier alpha value is -3.14. The molecule has 9 heteroatoms. The van der Waals surface area contributed by atoms with Gasteiger partial charge in [-0.05, 0) is 62.2 Å². The molecular formula is C26H28N2O5S2. The number of hydrogen-bond acceptors (Lipinski definition) is 6. The molecule has 0 fully saturated rings. The highest BCUT2D eigenvalue weighted by atomic mass is 32.2. The van der Waals surface area contributed by atoms with Gasteiger partial charge in [0, 0.05) is 6.04 Å². The van der Waals surface area contributed by atoms with E-state index in [1.54, 1.807) is 35.8 Å². The molecule has 0 spiro atoms. The fourth-order valence-electron chi connectivity index (χ4n) is 3.84. The van der Waals surface area contributed by atoms with Crippen molar-refractivity contribution in [1.82, 2.24) is 9.29 Å². The summed E-state index contributed by atoms with van der Waals surface area (Å²) in [4.78, 5) is 12.6. The number of hydrogen-bond donors (Lipinski definition) is 1. The van der Waals surface area contributed by atoms with Crippen LogP contribution in [-0.4, -0.2) is 26.2 Å². The van der Waals surface area contributed by atoms with Crippen molar-refractivity contribution in [3.05, 3.63) is 87.5 Å². The lowest BCUT2D eigenvalue weighted by molar-refractivity contribution is 0.287. The summed E-state index contributed by atoms with van der Waals surface area (Å²) in [5.74, 6) is 1.19. The maximum Gasteiger partial charge on any atom is 0.308 e.